The minimum Gasteiger partial charge on any atom is -0.491 e. The van der Waals surface area contributed by atoms with E-state index in [1.54, 1.807) is 0 Å². The van der Waals surface area contributed by atoms with Crippen molar-refractivity contribution in [1.29, 1.82) is 0 Å². The van der Waals surface area contributed by atoms with Gasteiger partial charge in [0.05, 0.1) is 34.4 Å². The van der Waals surface area contributed by atoms with E-state index < -0.39 is 0 Å². The molecule has 11 heteroatoms. The molecule has 0 bridgehead atoms. The van der Waals surface area contributed by atoms with Gasteiger partial charge in [-0.3, -0.25) is 9.78 Å². The minimum atomic E-state index is -0.256. The molecule has 1 heterocycles. The van der Waals surface area contributed by atoms with Crippen molar-refractivity contribution in [3.8, 4) is 17.2 Å². The van der Waals surface area contributed by atoms with E-state index in [4.69, 9.17) is 14.2 Å². The average molecular weight is 982 g/mol. The summed E-state index contributed by atoms with van der Waals surface area (Å²) in [6.07, 6.45) is 8.30. The Morgan fingerprint density at radius 1 is 0.861 bits per heavy atom. The van der Waals surface area contributed by atoms with Gasteiger partial charge in [0.1, 0.15) is 11.5 Å². The Morgan fingerprint density at radius 2 is 1.50 bits per heavy atom. The summed E-state index contributed by atoms with van der Waals surface area (Å²) in [6.45, 7) is 0.691. The lowest BCUT2D eigenvalue weighted by molar-refractivity contribution is -0.139. The number of unbranched alkanes of at least 4 members (excludes halogenated alkanes) is 2. The molecule has 0 aliphatic carbocycles. The largest absolute Gasteiger partial charge is 0.491 e. The Morgan fingerprint density at radius 3 is 2.08 bits per heavy atom. The summed E-state index contributed by atoms with van der Waals surface area (Å²) in [7, 11) is 1.40. The van der Waals surface area contributed by atoms with E-state index in [9.17, 15) is 4.79 Å². The molecule has 5 nitrogen and oxygen atoms in total. The molecule has 1 aromatic heterocycles. The number of ether oxygens (including phenoxy) is 3. The fraction of sp³-hybridized carbons (Fsp3) is 0.280. The Labute approximate surface area is 279 Å². The molecule has 3 rings (SSSR count). The molecule has 0 fully saturated rings. The second kappa shape index (κ2) is 17.7. The van der Waals surface area contributed by atoms with Crippen LogP contribution in [0.25, 0.3) is 0 Å². The lowest BCUT2D eigenvalue weighted by atomic mass is 10.1. The summed E-state index contributed by atoms with van der Waals surface area (Å²) in [6, 6.07) is 12.0. The summed E-state index contributed by atoms with van der Waals surface area (Å²) < 4.78 is 21.0. The molecular weight excluding hydrogens is 957 g/mol. The molecule has 0 unspecified atom stereocenters. The quantitative estimate of drug-likeness (QED) is 0.110. The second-order valence-corrected chi connectivity index (χ2v) is 12.1. The van der Waals surface area contributed by atoms with Gasteiger partial charge in [0, 0.05) is 12.4 Å². The lowest BCUT2D eigenvalue weighted by Gasteiger charge is -2.15. The number of hydrogen-bond donors (Lipinski definition) is 0. The number of halogens is 6. The highest BCUT2D eigenvalue weighted by atomic mass is 127. The van der Waals surface area contributed by atoms with E-state index in [0.29, 0.717) is 6.61 Å². The Kier molecular flexibility index (Phi) is 16.8. The van der Waals surface area contributed by atoms with E-state index in [1.807, 2.05) is 42.7 Å². The molecule has 3 aromatic rings. The van der Waals surface area contributed by atoms with Gasteiger partial charge in [-0.15, -0.1) is 24.8 Å². The summed E-state index contributed by atoms with van der Waals surface area (Å²) in [5.74, 6) is 2.19. The molecule has 0 aliphatic heterocycles. The highest BCUT2D eigenvalue weighted by Crippen LogP contribution is 2.37. The fourth-order valence-electron chi connectivity index (χ4n) is 3.23. The number of hydrogen-bond acceptors (Lipinski definition) is 5. The van der Waals surface area contributed by atoms with Crippen LogP contribution < -0.4 is 9.47 Å². The van der Waals surface area contributed by atoms with Gasteiger partial charge in [-0.05, 0) is 158 Å². The predicted octanol–water partition coefficient (Wildman–Crippen LogP) is 8.64. The maximum Gasteiger partial charge on any atom is 0.309 e. The smallest absolute Gasteiger partial charge is 0.309 e. The summed E-state index contributed by atoms with van der Waals surface area (Å²) in [4.78, 5) is 15.8. The molecular formula is C25H25Cl2I4NO4. The predicted molar refractivity (Wildman–Crippen MR) is 181 cm³/mol. The maximum absolute atomic E-state index is 11.6. The number of nitrogens with zero attached hydrogens (tertiary/aromatic N) is 1. The van der Waals surface area contributed by atoms with Gasteiger partial charge < -0.3 is 14.2 Å². The van der Waals surface area contributed by atoms with Crippen molar-refractivity contribution in [2.75, 3.05) is 13.7 Å². The zero-order valence-electron chi connectivity index (χ0n) is 19.3. The van der Waals surface area contributed by atoms with E-state index in [-0.39, 0.29) is 37.2 Å². The van der Waals surface area contributed by atoms with Crippen LogP contribution in [-0.4, -0.2) is 24.7 Å². The fourth-order valence-corrected chi connectivity index (χ4v) is 7.37. The van der Waals surface area contributed by atoms with Crippen molar-refractivity contribution in [3.05, 3.63) is 74.2 Å². The van der Waals surface area contributed by atoms with Crippen molar-refractivity contribution in [2.45, 2.75) is 32.1 Å². The maximum atomic E-state index is 11.6. The van der Waals surface area contributed by atoms with Crippen LogP contribution in [0.15, 0.2) is 48.8 Å². The van der Waals surface area contributed by atoms with E-state index in [2.05, 4.69) is 101 Å². The number of carbonyl (C=O) groups excluding carboxylic acids is 1. The van der Waals surface area contributed by atoms with Gasteiger partial charge in [-0.1, -0.05) is 6.07 Å². The topological polar surface area (TPSA) is 57.7 Å². The molecule has 0 atom stereocenters. The molecule has 0 amide bonds. The van der Waals surface area contributed by atoms with Gasteiger partial charge >= 0.3 is 5.97 Å². The standard InChI is InChI=1S/C25H23I4NO4.2ClH/c1-32-23(31)12-17-10-19(26)25(20(27)11-17)34-18-13-21(28)24(22(29)14-18)33-9-4-2-3-6-16-7-5-8-30-15-16;;/h5,7-8,10-11,13-15H,2-4,6,9,12H2,1H3;2*1H. The lowest BCUT2D eigenvalue weighted by Crippen LogP contribution is -2.05. The Bertz CT molecular complexity index is 1090. The molecule has 2 aromatic carbocycles. The number of aromatic nitrogens is 1. The molecule has 0 saturated heterocycles. The Hall–Kier alpha value is 0.160. The highest BCUT2D eigenvalue weighted by molar-refractivity contribution is 14.1. The van der Waals surface area contributed by atoms with Crippen LogP contribution in [0.2, 0.25) is 0 Å². The van der Waals surface area contributed by atoms with Crippen molar-refractivity contribution < 1.29 is 19.0 Å². The third kappa shape index (κ3) is 10.7. The summed E-state index contributed by atoms with van der Waals surface area (Å²) >= 11 is 9.08. The zero-order chi connectivity index (χ0) is 24.5. The summed E-state index contributed by atoms with van der Waals surface area (Å²) in [5.41, 5.74) is 2.19. The number of pyridine rings is 1. The van der Waals surface area contributed by atoms with Gasteiger partial charge in [-0.25, -0.2) is 0 Å². The normalized spacial score (nSPS) is 10.1. The number of methoxy groups -OCH3 is 1. The van der Waals surface area contributed by atoms with Gasteiger partial charge in [0.15, 0.2) is 5.75 Å². The first-order chi connectivity index (χ1) is 16.4. The monoisotopic (exact) mass is 981 g/mol. The van der Waals surface area contributed by atoms with Gasteiger partial charge in [0.2, 0.25) is 0 Å². The van der Waals surface area contributed by atoms with E-state index >= 15 is 0 Å². The first-order valence-electron chi connectivity index (χ1n) is 10.6. The number of esters is 1. The van der Waals surface area contributed by atoms with Crippen LogP contribution >= 0.6 is 115 Å². The molecule has 196 valence electrons. The van der Waals surface area contributed by atoms with Gasteiger partial charge in [0.25, 0.3) is 0 Å². The van der Waals surface area contributed by atoms with Crippen LogP contribution in [0.4, 0.5) is 0 Å². The van der Waals surface area contributed by atoms with Crippen molar-refractivity contribution in [2.24, 2.45) is 0 Å². The van der Waals surface area contributed by atoms with Crippen molar-refractivity contribution in [1.82, 2.24) is 4.98 Å². The number of aryl methyl sites for hydroxylation is 1. The van der Waals surface area contributed by atoms with Crippen LogP contribution in [-0.2, 0) is 22.4 Å². The van der Waals surface area contributed by atoms with E-state index in [1.165, 1.54) is 12.7 Å². The first kappa shape index (κ1) is 34.2. The first-order valence-corrected chi connectivity index (χ1v) is 14.9. The second-order valence-electron chi connectivity index (χ2n) is 7.48. The van der Waals surface area contributed by atoms with Crippen molar-refractivity contribution >= 4 is 121 Å². The van der Waals surface area contributed by atoms with Crippen LogP contribution in [0.3, 0.4) is 0 Å². The third-order valence-corrected chi connectivity index (χ3v) is 8.11. The molecule has 0 saturated carbocycles. The van der Waals surface area contributed by atoms with Gasteiger partial charge in [-0.2, -0.15) is 0 Å². The number of carbonyl (C=O) groups is 1. The van der Waals surface area contributed by atoms with Crippen molar-refractivity contribution in [3.63, 3.8) is 0 Å². The minimum absolute atomic E-state index is 0. The summed E-state index contributed by atoms with van der Waals surface area (Å²) in [5, 5.41) is 0. The molecule has 0 N–H and O–H groups in total. The van der Waals surface area contributed by atoms with Crippen LogP contribution in [0, 0.1) is 14.3 Å². The zero-order valence-corrected chi connectivity index (χ0v) is 29.5. The third-order valence-electron chi connectivity index (χ3n) is 4.90. The number of benzene rings is 2. The van der Waals surface area contributed by atoms with Crippen LogP contribution in [0.5, 0.6) is 17.2 Å². The molecule has 0 spiro atoms. The molecule has 36 heavy (non-hydrogen) atoms. The average Bonchev–Trinajstić information content (AvgIpc) is 2.80. The van der Waals surface area contributed by atoms with Crippen LogP contribution in [0.1, 0.15) is 30.4 Å². The number of rotatable bonds is 11. The molecule has 0 radical (unpaired) electrons. The Balaban J connectivity index is 0.00000324. The SMILES string of the molecule is COC(=O)Cc1cc(I)c(Oc2cc(I)c(OCCCCCc3cccnc3)c(I)c2)c(I)c1.Cl.Cl. The molecule has 0 aliphatic rings. The van der Waals surface area contributed by atoms with E-state index in [0.717, 1.165) is 62.8 Å². The highest BCUT2D eigenvalue weighted by Gasteiger charge is 2.15.